The molecule has 0 bridgehead atoms. The largest absolute Gasteiger partial charge is 0.323 e. The molecule has 0 aliphatic heterocycles. The van der Waals surface area contributed by atoms with Crippen molar-refractivity contribution >= 4 is 17.3 Å². The second-order valence-corrected chi connectivity index (χ2v) is 5.07. The number of carbonyl (C=O) groups is 1. The van der Waals surface area contributed by atoms with E-state index >= 15 is 0 Å². The van der Waals surface area contributed by atoms with Gasteiger partial charge >= 0.3 is 0 Å². The molecular weight excluding hydrogens is 331 g/mol. The first kappa shape index (κ1) is 16.2. The second-order valence-electron chi connectivity index (χ2n) is 5.07. The second kappa shape index (κ2) is 6.83. The summed E-state index contributed by atoms with van der Waals surface area (Å²) in [4.78, 5) is 22.1. The summed E-state index contributed by atoms with van der Waals surface area (Å²) in [5, 5.41) is 23.9. The number of aromatic nitrogens is 4. The smallest absolute Gasteiger partial charge is 0.271 e. The summed E-state index contributed by atoms with van der Waals surface area (Å²) in [6.07, 6.45) is 1.42. The number of hydrogen-bond donors (Lipinski definition) is 1. The van der Waals surface area contributed by atoms with E-state index in [1.54, 1.807) is 24.3 Å². The van der Waals surface area contributed by atoms with Gasteiger partial charge in [0.15, 0.2) is 0 Å². The molecule has 1 N–H and O–H groups in total. The molecule has 0 unspecified atom stereocenters. The molecule has 1 heterocycles. The summed E-state index contributed by atoms with van der Waals surface area (Å²) >= 11 is 0. The fourth-order valence-electron chi connectivity index (χ4n) is 2.15. The van der Waals surface area contributed by atoms with E-state index in [1.165, 1.54) is 11.0 Å². The molecule has 0 fully saturated rings. The number of nitro benzene ring substituents is 1. The number of anilines is 1. The lowest BCUT2D eigenvalue weighted by molar-refractivity contribution is -0.384. The molecule has 25 heavy (non-hydrogen) atoms. The Morgan fingerprint density at radius 1 is 1.24 bits per heavy atom. The summed E-state index contributed by atoms with van der Waals surface area (Å²) in [5.41, 5.74) is 0.867. The number of amides is 1. The van der Waals surface area contributed by atoms with Gasteiger partial charge in [-0.1, -0.05) is 12.1 Å². The molecule has 0 aliphatic carbocycles. The van der Waals surface area contributed by atoms with Crippen LogP contribution in [0.4, 0.5) is 15.8 Å². The fourth-order valence-corrected chi connectivity index (χ4v) is 2.15. The highest BCUT2D eigenvalue weighted by molar-refractivity contribution is 5.92. The van der Waals surface area contributed by atoms with E-state index in [2.05, 4.69) is 20.8 Å². The topological polar surface area (TPSA) is 116 Å². The zero-order valence-corrected chi connectivity index (χ0v) is 12.7. The summed E-state index contributed by atoms with van der Waals surface area (Å²) in [7, 11) is 0. The van der Waals surface area contributed by atoms with Crippen molar-refractivity contribution in [2.45, 2.75) is 6.42 Å². The summed E-state index contributed by atoms with van der Waals surface area (Å²) in [5.74, 6) is -1.23. The summed E-state index contributed by atoms with van der Waals surface area (Å²) < 4.78 is 15.1. The van der Waals surface area contributed by atoms with Crippen LogP contribution < -0.4 is 5.32 Å². The van der Waals surface area contributed by atoms with Crippen molar-refractivity contribution in [3.63, 3.8) is 0 Å². The zero-order chi connectivity index (χ0) is 17.8. The maximum Gasteiger partial charge on any atom is 0.271 e. The van der Waals surface area contributed by atoms with E-state index in [9.17, 15) is 19.3 Å². The Hall–Kier alpha value is -3.69. The Kier molecular flexibility index (Phi) is 4.42. The number of halogens is 1. The van der Waals surface area contributed by atoms with Crippen LogP contribution in [0.15, 0.2) is 48.8 Å². The van der Waals surface area contributed by atoms with Crippen LogP contribution in [0.25, 0.3) is 5.69 Å². The molecule has 0 saturated heterocycles. The molecule has 0 atom stereocenters. The molecule has 10 heteroatoms. The molecule has 0 spiro atoms. The van der Waals surface area contributed by atoms with E-state index in [0.717, 1.165) is 23.9 Å². The molecule has 0 saturated carbocycles. The molecule has 1 amide bonds. The van der Waals surface area contributed by atoms with Gasteiger partial charge in [-0.3, -0.25) is 14.9 Å². The number of benzene rings is 2. The van der Waals surface area contributed by atoms with Gasteiger partial charge in [0.05, 0.1) is 22.7 Å². The van der Waals surface area contributed by atoms with Gasteiger partial charge in [0.2, 0.25) is 5.91 Å². The minimum absolute atomic E-state index is 0.0159. The van der Waals surface area contributed by atoms with Crippen molar-refractivity contribution in [1.82, 2.24) is 20.2 Å². The number of nitrogens with zero attached hydrogens (tertiary/aromatic N) is 5. The standard InChI is InChI=1S/C15H11FN6O3/c16-13-6-5-12(22(24)25)8-14(13)18-15(23)7-10-1-3-11(4-2-10)21-9-17-19-20-21/h1-6,8-9H,7H2,(H,18,23). The molecule has 126 valence electrons. The first-order valence-electron chi connectivity index (χ1n) is 7.09. The van der Waals surface area contributed by atoms with Gasteiger partial charge in [0.1, 0.15) is 12.1 Å². The highest BCUT2D eigenvalue weighted by Crippen LogP contribution is 2.21. The van der Waals surface area contributed by atoms with Gasteiger partial charge in [-0.2, -0.15) is 0 Å². The normalized spacial score (nSPS) is 10.4. The van der Waals surface area contributed by atoms with Gasteiger partial charge in [-0.25, -0.2) is 9.07 Å². The van der Waals surface area contributed by atoms with Crippen molar-refractivity contribution in [1.29, 1.82) is 0 Å². The molecule has 0 radical (unpaired) electrons. The van der Waals surface area contributed by atoms with E-state index in [-0.39, 0.29) is 17.8 Å². The lowest BCUT2D eigenvalue weighted by atomic mass is 10.1. The quantitative estimate of drug-likeness (QED) is 0.559. The highest BCUT2D eigenvalue weighted by atomic mass is 19.1. The SMILES string of the molecule is O=C(Cc1ccc(-n2cnnn2)cc1)Nc1cc([N+](=O)[O-])ccc1F. The number of nitrogens with one attached hydrogen (secondary N) is 1. The van der Waals surface area contributed by atoms with Crippen LogP contribution in [0.1, 0.15) is 5.56 Å². The number of hydrogen-bond acceptors (Lipinski definition) is 6. The van der Waals surface area contributed by atoms with Crippen LogP contribution in [0, 0.1) is 15.9 Å². The van der Waals surface area contributed by atoms with Gasteiger partial charge in [0.25, 0.3) is 5.69 Å². The fraction of sp³-hybridized carbons (Fsp3) is 0.0667. The first-order valence-corrected chi connectivity index (χ1v) is 7.09. The van der Waals surface area contributed by atoms with Gasteiger partial charge in [0, 0.05) is 12.1 Å². The molecular formula is C15H11FN6O3. The van der Waals surface area contributed by atoms with E-state index in [0.29, 0.717) is 5.56 Å². The average Bonchev–Trinajstić information content (AvgIpc) is 3.12. The third-order valence-corrected chi connectivity index (χ3v) is 3.35. The Morgan fingerprint density at radius 3 is 2.64 bits per heavy atom. The van der Waals surface area contributed by atoms with E-state index < -0.39 is 16.6 Å². The molecule has 1 aromatic heterocycles. The molecule has 3 rings (SSSR count). The van der Waals surface area contributed by atoms with Crippen LogP contribution in [0.3, 0.4) is 0 Å². The predicted molar refractivity (Wildman–Crippen MR) is 84.5 cm³/mol. The Balaban J connectivity index is 1.68. The van der Waals surface area contributed by atoms with Crippen molar-refractivity contribution in [2.24, 2.45) is 0 Å². The van der Waals surface area contributed by atoms with Crippen LogP contribution in [-0.4, -0.2) is 31.0 Å². The Bertz CT molecular complexity index is 912. The van der Waals surface area contributed by atoms with Crippen molar-refractivity contribution in [3.8, 4) is 5.69 Å². The van der Waals surface area contributed by atoms with Crippen LogP contribution in [0.2, 0.25) is 0 Å². The van der Waals surface area contributed by atoms with Crippen molar-refractivity contribution in [2.75, 3.05) is 5.32 Å². The van der Waals surface area contributed by atoms with Gasteiger partial charge < -0.3 is 5.32 Å². The predicted octanol–water partition coefficient (Wildman–Crippen LogP) is 1.89. The number of non-ortho nitro benzene ring substituents is 1. The summed E-state index contributed by atoms with van der Waals surface area (Å²) in [6.45, 7) is 0. The van der Waals surface area contributed by atoms with Gasteiger partial charge in [-0.05, 0) is 34.2 Å². The Labute approximate surface area is 140 Å². The summed E-state index contributed by atoms with van der Waals surface area (Å²) in [6, 6.07) is 9.83. The minimum Gasteiger partial charge on any atom is -0.323 e. The monoisotopic (exact) mass is 342 g/mol. The lowest BCUT2D eigenvalue weighted by Gasteiger charge is -2.07. The zero-order valence-electron chi connectivity index (χ0n) is 12.7. The van der Waals surface area contributed by atoms with Crippen LogP contribution >= 0.6 is 0 Å². The van der Waals surface area contributed by atoms with E-state index in [4.69, 9.17) is 0 Å². The maximum atomic E-state index is 13.7. The lowest BCUT2D eigenvalue weighted by Crippen LogP contribution is -2.15. The first-order chi connectivity index (χ1) is 12.0. The molecule has 2 aromatic carbocycles. The number of rotatable bonds is 5. The Morgan fingerprint density at radius 2 is 2.00 bits per heavy atom. The van der Waals surface area contributed by atoms with Gasteiger partial charge in [-0.15, -0.1) is 5.10 Å². The highest BCUT2D eigenvalue weighted by Gasteiger charge is 2.13. The molecule has 0 aliphatic rings. The number of nitro groups is 1. The van der Waals surface area contributed by atoms with Crippen molar-refractivity contribution < 1.29 is 14.1 Å². The number of carbonyl (C=O) groups excluding carboxylic acids is 1. The maximum absolute atomic E-state index is 13.7. The minimum atomic E-state index is -0.743. The van der Waals surface area contributed by atoms with Crippen molar-refractivity contribution in [3.05, 3.63) is 70.3 Å². The van der Waals surface area contributed by atoms with Crippen LogP contribution in [0.5, 0.6) is 0 Å². The average molecular weight is 342 g/mol. The van der Waals surface area contributed by atoms with Crippen LogP contribution in [-0.2, 0) is 11.2 Å². The molecule has 9 nitrogen and oxygen atoms in total. The molecule has 3 aromatic rings. The third kappa shape index (κ3) is 3.80. The third-order valence-electron chi connectivity index (χ3n) is 3.35. The van der Waals surface area contributed by atoms with E-state index in [1.807, 2.05) is 0 Å². The number of tetrazole rings is 1.